The molecule has 36 heavy (non-hydrogen) atoms. The van der Waals surface area contributed by atoms with Crippen LogP contribution in [0.5, 0.6) is 0 Å². The van der Waals surface area contributed by atoms with Gasteiger partial charge in [0.2, 0.25) is 12.1 Å². The van der Waals surface area contributed by atoms with Crippen LogP contribution in [0.1, 0.15) is 22.3 Å². The van der Waals surface area contributed by atoms with E-state index < -0.39 is 12.1 Å². The lowest BCUT2D eigenvalue weighted by Crippen LogP contribution is -2.29. The molecular formula is C26H22N8O2. The predicted octanol–water partition coefficient (Wildman–Crippen LogP) is 3.05. The van der Waals surface area contributed by atoms with Gasteiger partial charge in [0.15, 0.2) is 0 Å². The van der Waals surface area contributed by atoms with Crippen LogP contribution >= 0.6 is 0 Å². The number of nitrogens with two attached hydrogens (primary N) is 1. The number of amidine groups is 1. The summed E-state index contributed by atoms with van der Waals surface area (Å²) in [5, 5.41) is 15.3. The van der Waals surface area contributed by atoms with Crippen LogP contribution < -0.4 is 11.1 Å². The summed E-state index contributed by atoms with van der Waals surface area (Å²) in [4.78, 5) is 25.7. The fourth-order valence-corrected chi connectivity index (χ4v) is 3.85. The summed E-state index contributed by atoms with van der Waals surface area (Å²) < 4.78 is 7.10. The van der Waals surface area contributed by atoms with Crippen molar-refractivity contribution in [1.29, 1.82) is 5.41 Å². The van der Waals surface area contributed by atoms with Crippen molar-refractivity contribution >= 4 is 29.2 Å². The average molecular weight is 479 g/mol. The van der Waals surface area contributed by atoms with Gasteiger partial charge < -0.3 is 15.8 Å². The molecule has 2 heterocycles. The lowest BCUT2D eigenvalue weighted by Gasteiger charge is -2.12. The van der Waals surface area contributed by atoms with Crippen LogP contribution in [0.15, 0.2) is 95.4 Å². The highest BCUT2D eigenvalue weighted by Crippen LogP contribution is 2.24. The minimum Gasteiger partial charge on any atom is -0.407 e. The first kappa shape index (κ1) is 22.7. The maximum atomic E-state index is 12.9. The Balaban J connectivity index is 1.42. The third-order valence-electron chi connectivity index (χ3n) is 5.57. The first-order valence-electron chi connectivity index (χ1n) is 11.1. The summed E-state index contributed by atoms with van der Waals surface area (Å²) in [7, 11) is 0. The lowest BCUT2D eigenvalue weighted by atomic mass is 10.0. The number of hydrogen-bond acceptors (Lipinski definition) is 7. The first-order chi connectivity index (χ1) is 17.5. The summed E-state index contributed by atoms with van der Waals surface area (Å²) in [6.45, 7) is 1.84. The predicted molar refractivity (Wildman–Crippen MR) is 137 cm³/mol. The Bertz CT molecular complexity index is 1490. The van der Waals surface area contributed by atoms with Crippen molar-refractivity contribution in [2.75, 3.05) is 5.32 Å². The molecule has 5 rings (SSSR count). The number of fused-ring (bicyclic) bond motifs is 1. The summed E-state index contributed by atoms with van der Waals surface area (Å²) in [5.74, 6) is -0.664. The third-order valence-corrected chi connectivity index (χ3v) is 5.57. The van der Waals surface area contributed by atoms with Gasteiger partial charge in [0.25, 0.3) is 11.9 Å². The SMILES string of the molecule is Cc1cc(-n2cncn2)ccc1C(=N)OC(N)=NC1N=C(c2ccccc2)c2ccccc2NC1=O. The molecule has 1 aliphatic rings. The summed E-state index contributed by atoms with van der Waals surface area (Å²) >= 11 is 0. The molecule has 1 atom stereocenters. The van der Waals surface area contributed by atoms with Crippen LogP contribution in [0, 0.1) is 12.3 Å². The van der Waals surface area contributed by atoms with Gasteiger partial charge in [0.05, 0.1) is 17.1 Å². The summed E-state index contributed by atoms with van der Waals surface area (Å²) in [6, 6.07) is 21.9. The van der Waals surface area contributed by atoms with Gasteiger partial charge in [-0.25, -0.2) is 14.7 Å². The normalized spacial score (nSPS) is 15.4. The van der Waals surface area contributed by atoms with Gasteiger partial charge in [-0.3, -0.25) is 10.2 Å². The van der Waals surface area contributed by atoms with Gasteiger partial charge in [0, 0.05) is 16.7 Å². The molecule has 0 fully saturated rings. The van der Waals surface area contributed by atoms with Gasteiger partial charge in [-0.2, -0.15) is 10.1 Å². The molecule has 178 valence electrons. The van der Waals surface area contributed by atoms with Crippen molar-refractivity contribution < 1.29 is 9.53 Å². The van der Waals surface area contributed by atoms with E-state index in [0.717, 1.165) is 22.4 Å². The second-order valence-corrected chi connectivity index (χ2v) is 7.99. The molecule has 1 amide bonds. The van der Waals surface area contributed by atoms with Crippen molar-refractivity contribution in [1.82, 2.24) is 14.8 Å². The maximum Gasteiger partial charge on any atom is 0.291 e. The number of hydrogen-bond donors (Lipinski definition) is 3. The number of benzodiazepines with no additional fused rings is 1. The largest absolute Gasteiger partial charge is 0.407 e. The molecule has 0 saturated heterocycles. The van der Waals surface area contributed by atoms with Crippen molar-refractivity contribution in [3.8, 4) is 5.69 Å². The molecule has 0 radical (unpaired) electrons. The zero-order valence-corrected chi connectivity index (χ0v) is 19.3. The Morgan fingerprint density at radius 2 is 1.89 bits per heavy atom. The van der Waals surface area contributed by atoms with E-state index in [0.29, 0.717) is 17.0 Å². The minimum absolute atomic E-state index is 0.205. The lowest BCUT2D eigenvalue weighted by molar-refractivity contribution is -0.117. The van der Waals surface area contributed by atoms with Gasteiger partial charge >= 0.3 is 0 Å². The fraction of sp³-hybridized carbons (Fsp3) is 0.0769. The number of para-hydroxylation sites is 1. The quantitative estimate of drug-likeness (QED) is 0.305. The third kappa shape index (κ3) is 4.60. The smallest absolute Gasteiger partial charge is 0.291 e. The van der Waals surface area contributed by atoms with Crippen molar-refractivity contribution in [3.63, 3.8) is 0 Å². The number of ether oxygens (including phenoxy) is 1. The van der Waals surface area contributed by atoms with E-state index in [2.05, 4.69) is 25.4 Å². The van der Waals surface area contributed by atoms with Crippen LogP contribution in [0.4, 0.5) is 5.69 Å². The van der Waals surface area contributed by atoms with Gasteiger partial charge in [-0.15, -0.1) is 0 Å². The van der Waals surface area contributed by atoms with Crippen LogP contribution in [0.2, 0.25) is 0 Å². The maximum absolute atomic E-state index is 12.9. The second kappa shape index (κ2) is 9.63. The molecule has 0 bridgehead atoms. The number of carbonyl (C=O) groups is 1. The van der Waals surface area contributed by atoms with E-state index in [9.17, 15) is 4.79 Å². The molecule has 3 aromatic carbocycles. The zero-order valence-electron chi connectivity index (χ0n) is 19.3. The van der Waals surface area contributed by atoms with Gasteiger partial charge in [-0.05, 0) is 36.8 Å². The van der Waals surface area contributed by atoms with Crippen molar-refractivity contribution in [3.05, 3.63) is 108 Å². The van der Waals surface area contributed by atoms with E-state index in [1.54, 1.807) is 29.2 Å². The average Bonchev–Trinajstić information content (AvgIpc) is 3.38. The molecule has 0 spiro atoms. The zero-order chi connectivity index (χ0) is 25.1. The molecule has 4 aromatic rings. The monoisotopic (exact) mass is 478 g/mol. The highest BCUT2D eigenvalue weighted by molar-refractivity contribution is 6.19. The Hall–Kier alpha value is -5.12. The number of nitrogens with zero attached hydrogens (tertiary/aromatic N) is 5. The molecule has 10 nitrogen and oxygen atoms in total. The van der Waals surface area contributed by atoms with Gasteiger partial charge in [-0.1, -0.05) is 48.5 Å². The number of anilines is 1. The van der Waals surface area contributed by atoms with E-state index >= 15 is 0 Å². The second-order valence-electron chi connectivity index (χ2n) is 7.99. The number of amides is 1. The van der Waals surface area contributed by atoms with Crippen molar-refractivity contribution in [2.45, 2.75) is 13.1 Å². The number of nitrogens with one attached hydrogen (secondary N) is 2. The Kier molecular flexibility index (Phi) is 6.06. The fourth-order valence-electron chi connectivity index (χ4n) is 3.85. The van der Waals surface area contributed by atoms with Gasteiger partial charge in [0.1, 0.15) is 12.7 Å². The van der Waals surface area contributed by atoms with E-state index in [1.807, 2.05) is 61.5 Å². The van der Waals surface area contributed by atoms with Crippen LogP contribution in [0.3, 0.4) is 0 Å². The van der Waals surface area contributed by atoms with Crippen LogP contribution in [0.25, 0.3) is 5.69 Å². The summed E-state index contributed by atoms with van der Waals surface area (Å²) in [5.41, 5.74) is 10.9. The number of aryl methyl sites for hydroxylation is 1. The Morgan fingerprint density at radius 3 is 2.64 bits per heavy atom. The van der Waals surface area contributed by atoms with Crippen LogP contribution in [-0.2, 0) is 9.53 Å². The molecule has 10 heteroatoms. The molecule has 1 unspecified atom stereocenters. The number of aromatic nitrogens is 3. The number of rotatable bonds is 4. The molecule has 1 aromatic heterocycles. The molecular weight excluding hydrogens is 456 g/mol. The Labute approximate surface area is 206 Å². The highest BCUT2D eigenvalue weighted by atomic mass is 16.5. The molecule has 0 aliphatic carbocycles. The number of aliphatic imine (C=N–C) groups is 2. The Morgan fingerprint density at radius 1 is 1.11 bits per heavy atom. The van der Waals surface area contributed by atoms with Crippen molar-refractivity contribution in [2.24, 2.45) is 15.7 Å². The molecule has 0 saturated carbocycles. The van der Waals surface area contributed by atoms with E-state index in [4.69, 9.17) is 15.9 Å². The summed E-state index contributed by atoms with van der Waals surface area (Å²) in [6.07, 6.45) is 1.83. The van der Waals surface area contributed by atoms with E-state index in [-0.39, 0.29) is 11.9 Å². The minimum atomic E-state index is -1.20. The first-order valence-corrected chi connectivity index (χ1v) is 11.1. The molecule has 1 aliphatic heterocycles. The number of carbonyl (C=O) groups excluding carboxylic acids is 1. The van der Waals surface area contributed by atoms with E-state index in [1.165, 1.54) is 6.33 Å². The van der Waals surface area contributed by atoms with Crippen LogP contribution in [-0.4, -0.2) is 44.5 Å². The number of benzene rings is 3. The highest BCUT2D eigenvalue weighted by Gasteiger charge is 2.26. The standard InChI is InChI=1S/C26H22N8O2/c1-16-13-18(34-15-29-14-30-34)11-12-19(16)23(27)36-26(28)33-24-25(35)31-21-10-6-5-9-20(21)22(32-24)17-7-3-2-4-8-17/h2-15,24,27H,1H3,(H2,28,33)(H,31,35). The molecule has 4 N–H and O–H groups in total. The topological polar surface area (TPSA) is 144 Å².